The number of nitrogens with one attached hydrogen (secondary N) is 2. The first-order valence-corrected chi connectivity index (χ1v) is 4.60. The van der Waals surface area contributed by atoms with E-state index in [1.807, 2.05) is 5.01 Å². The fourth-order valence-electron chi connectivity index (χ4n) is 1.84. The monoisotopic (exact) mass is 169 g/mol. The summed E-state index contributed by atoms with van der Waals surface area (Å²) in [6.45, 7) is 4.13. The largest absolute Gasteiger partial charge is 0.316 e. The van der Waals surface area contributed by atoms with Crippen molar-refractivity contribution in [3.8, 4) is 0 Å². The molecule has 0 aromatic heterocycles. The highest BCUT2D eigenvalue weighted by Crippen LogP contribution is 2.10. The fourth-order valence-corrected chi connectivity index (χ4v) is 1.84. The quantitative estimate of drug-likeness (QED) is 0.576. The summed E-state index contributed by atoms with van der Waals surface area (Å²) in [5.41, 5.74) is 2.85. The van der Waals surface area contributed by atoms with Gasteiger partial charge in [-0.2, -0.15) is 0 Å². The Hall–Kier alpha value is -0.610. The van der Waals surface area contributed by atoms with Crippen molar-refractivity contribution in [1.29, 1.82) is 0 Å². The van der Waals surface area contributed by atoms with Gasteiger partial charge in [-0.15, -0.1) is 0 Å². The maximum atomic E-state index is 10.9. The van der Waals surface area contributed by atoms with Gasteiger partial charge < -0.3 is 5.32 Å². The van der Waals surface area contributed by atoms with Crippen LogP contribution in [0.1, 0.15) is 12.8 Å². The minimum atomic E-state index is 0.168. The van der Waals surface area contributed by atoms with Gasteiger partial charge in [-0.1, -0.05) is 0 Å². The molecule has 2 heterocycles. The van der Waals surface area contributed by atoms with Crippen molar-refractivity contribution in [1.82, 2.24) is 15.8 Å². The third-order valence-electron chi connectivity index (χ3n) is 2.53. The van der Waals surface area contributed by atoms with Crippen molar-refractivity contribution < 1.29 is 4.79 Å². The zero-order valence-corrected chi connectivity index (χ0v) is 7.18. The van der Waals surface area contributed by atoms with Crippen LogP contribution in [0.15, 0.2) is 0 Å². The summed E-state index contributed by atoms with van der Waals surface area (Å²) in [6.07, 6.45) is 1.91. The predicted octanol–water partition coefficient (Wildman–Crippen LogP) is -0.667. The van der Waals surface area contributed by atoms with E-state index >= 15 is 0 Å². The summed E-state index contributed by atoms with van der Waals surface area (Å²) >= 11 is 0. The molecule has 0 aromatic rings. The van der Waals surface area contributed by atoms with Crippen LogP contribution in [0.2, 0.25) is 0 Å². The SMILES string of the molecule is O=C1CCN(CC2CCNC2)N1. The van der Waals surface area contributed by atoms with E-state index in [2.05, 4.69) is 10.7 Å². The molecule has 4 heteroatoms. The number of carbonyl (C=O) groups excluding carboxylic acids is 1. The Morgan fingerprint density at radius 3 is 3.08 bits per heavy atom. The van der Waals surface area contributed by atoms with Gasteiger partial charge in [0.25, 0.3) is 0 Å². The van der Waals surface area contributed by atoms with Crippen molar-refractivity contribution in [2.24, 2.45) is 5.92 Å². The van der Waals surface area contributed by atoms with Gasteiger partial charge in [0.2, 0.25) is 5.91 Å². The van der Waals surface area contributed by atoms with Gasteiger partial charge in [-0.3, -0.25) is 10.2 Å². The first-order valence-electron chi connectivity index (χ1n) is 4.60. The molecule has 0 spiro atoms. The second-order valence-electron chi connectivity index (χ2n) is 3.59. The zero-order valence-electron chi connectivity index (χ0n) is 7.18. The van der Waals surface area contributed by atoms with Crippen LogP contribution < -0.4 is 10.7 Å². The minimum absolute atomic E-state index is 0.168. The summed E-state index contributed by atoms with van der Waals surface area (Å²) in [5.74, 6) is 0.893. The molecular weight excluding hydrogens is 154 g/mol. The van der Waals surface area contributed by atoms with Gasteiger partial charge in [-0.25, -0.2) is 5.01 Å². The van der Waals surface area contributed by atoms with Gasteiger partial charge in [0.15, 0.2) is 0 Å². The summed E-state index contributed by atoms with van der Waals surface area (Å²) in [4.78, 5) is 10.9. The number of hydrogen-bond acceptors (Lipinski definition) is 3. The summed E-state index contributed by atoms with van der Waals surface area (Å²) < 4.78 is 0. The molecule has 2 aliphatic rings. The van der Waals surface area contributed by atoms with Crippen molar-refractivity contribution in [3.05, 3.63) is 0 Å². The van der Waals surface area contributed by atoms with Crippen LogP contribution in [0.25, 0.3) is 0 Å². The second-order valence-corrected chi connectivity index (χ2v) is 3.59. The molecule has 2 aliphatic heterocycles. The lowest BCUT2D eigenvalue weighted by Gasteiger charge is -2.18. The summed E-state index contributed by atoms with van der Waals surface area (Å²) in [5, 5.41) is 5.36. The molecule has 2 rings (SSSR count). The molecule has 12 heavy (non-hydrogen) atoms. The molecule has 4 nitrogen and oxygen atoms in total. The van der Waals surface area contributed by atoms with Crippen LogP contribution in [0.5, 0.6) is 0 Å². The van der Waals surface area contributed by atoms with Crippen molar-refractivity contribution in [3.63, 3.8) is 0 Å². The standard InChI is InChI=1S/C8H15N3O/c12-8-2-4-11(10-8)6-7-1-3-9-5-7/h7,9H,1-6H2,(H,10,12). The van der Waals surface area contributed by atoms with Crippen LogP contribution >= 0.6 is 0 Å². The molecule has 1 atom stereocenters. The number of hydrazine groups is 1. The molecule has 1 unspecified atom stereocenters. The Labute approximate surface area is 72.3 Å². The molecule has 0 aliphatic carbocycles. The van der Waals surface area contributed by atoms with E-state index in [0.717, 1.165) is 32.1 Å². The van der Waals surface area contributed by atoms with Crippen molar-refractivity contribution in [2.45, 2.75) is 12.8 Å². The number of carbonyl (C=O) groups is 1. The van der Waals surface area contributed by atoms with Gasteiger partial charge in [0.05, 0.1) is 0 Å². The van der Waals surface area contributed by atoms with E-state index in [9.17, 15) is 4.79 Å². The maximum absolute atomic E-state index is 10.9. The number of nitrogens with zero attached hydrogens (tertiary/aromatic N) is 1. The highest BCUT2D eigenvalue weighted by atomic mass is 16.2. The van der Waals surface area contributed by atoms with Gasteiger partial charge >= 0.3 is 0 Å². The molecule has 1 amide bonds. The summed E-state index contributed by atoms with van der Waals surface area (Å²) in [6, 6.07) is 0. The second kappa shape index (κ2) is 3.41. The van der Waals surface area contributed by atoms with E-state index in [1.165, 1.54) is 6.42 Å². The average Bonchev–Trinajstić information content (AvgIpc) is 2.63. The Balaban J connectivity index is 1.75. The van der Waals surface area contributed by atoms with Crippen LogP contribution in [0.3, 0.4) is 0 Å². The molecule has 0 aromatic carbocycles. The molecule has 0 saturated carbocycles. The third-order valence-corrected chi connectivity index (χ3v) is 2.53. The summed E-state index contributed by atoms with van der Waals surface area (Å²) in [7, 11) is 0. The average molecular weight is 169 g/mol. The maximum Gasteiger partial charge on any atom is 0.235 e. The zero-order chi connectivity index (χ0) is 8.39. The number of rotatable bonds is 2. The molecule has 2 N–H and O–H groups in total. The first-order chi connectivity index (χ1) is 5.84. The Morgan fingerprint density at radius 1 is 1.58 bits per heavy atom. The molecule has 0 bridgehead atoms. The van der Waals surface area contributed by atoms with E-state index in [1.54, 1.807) is 0 Å². The Kier molecular flexibility index (Phi) is 2.28. The molecule has 2 fully saturated rings. The van der Waals surface area contributed by atoms with E-state index in [0.29, 0.717) is 6.42 Å². The van der Waals surface area contributed by atoms with Crippen LogP contribution in [0.4, 0.5) is 0 Å². The first kappa shape index (κ1) is 8.01. The van der Waals surface area contributed by atoms with Gasteiger partial charge in [0.1, 0.15) is 0 Å². The topological polar surface area (TPSA) is 44.4 Å². The number of amides is 1. The van der Waals surface area contributed by atoms with Gasteiger partial charge in [0, 0.05) is 19.5 Å². The molecule has 68 valence electrons. The highest BCUT2D eigenvalue weighted by molar-refractivity contribution is 5.77. The van der Waals surface area contributed by atoms with E-state index in [-0.39, 0.29) is 5.91 Å². The van der Waals surface area contributed by atoms with E-state index < -0.39 is 0 Å². The number of hydrogen-bond donors (Lipinski definition) is 2. The lowest BCUT2D eigenvalue weighted by molar-refractivity contribution is -0.121. The lowest BCUT2D eigenvalue weighted by atomic mass is 10.1. The van der Waals surface area contributed by atoms with Gasteiger partial charge in [-0.05, 0) is 25.4 Å². The lowest BCUT2D eigenvalue weighted by Crippen LogP contribution is -2.37. The van der Waals surface area contributed by atoms with E-state index in [4.69, 9.17) is 0 Å². The highest BCUT2D eigenvalue weighted by Gasteiger charge is 2.23. The molecular formula is C8H15N3O. The van der Waals surface area contributed by atoms with Crippen LogP contribution in [-0.2, 0) is 4.79 Å². The normalized spacial score (nSPS) is 31.0. The van der Waals surface area contributed by atoms with Crippen molar-refractivity contribution in [2.75, 3.05) is 26.2 Å². The molecule has 2 saturated heterocycles. The van der Waals surface area contributed by atoms with Crippen LogP contribution in [-0.4, -0.2) is 37.1 Å². The van der Waals surface area contributed by atoms with Crippen molar-refractivity contribution >= 4 is 5.91 Å². The Morgan fingerprint density at radius 2 is 2.50 bits per heavy atom. The minimum Gasteiger partial charge on any atom is -0.316 e. The molecule has 0 radical (unpaired) electrons. The fraction of sp³-hybridized carbons (Fsp3) is 0.875. The smallest absolute Gasteiger partial charge is 0.235 e. The van der Waals surface area contributed by atoms with Crippen LogP contribution in [0, 0.1) is 5.92 Å². The Bertz CT molecular complexity index is 177. The predicted molar refractivity (Wildman–Crippen MR) is 45.3 cm³/mol. The third kappa shape index (κ3) is 1.76.